The van der Waals surface area contributed by atoms with E-state index in [1.54, 1.807) is 24.1 Å². The van der Waals surface area contributed by atoms with Gasteiger partial charge in [0.2, 0.25) is 0 Å². The second-order valence-electron chi connectivity index (χ2n) is 8.18. The third-order valence-electron chi connectivity index (χ3n) is 6.04. The van der Waals surface area contributed by atoms with Crippen LogP contribution in [0.25, 0.3) is 11.1 Å². The number of hydrogen-bond acceptors (Lipinski definition) is 4. The third-order valence-corrected chi connectivity index (χ3v) is 6.04. The van der Waals surface area contributed by atoms with Crippen molar-refractivity contribution in [2.24, 2.45) is 0 Å². The van der Waals surface area contributed by atoms with E-state index in [0.29, 0.717) is 22.9 Å². The van der Waals surface area contributed by atoms with E-state index in [0.717, 1.165) is 41.9 Å². The second kappa shape index (κ2) is 7.82. The van der Waals surface area contributed by atoms with Gasteiger partial charge in [-0.15, -0.1) is 0 Å². The fourth-order valence-corrected chi connectivity index (χ4v) is 4.02. The van der Waals surface area contributed by atoms with E-state index in [1.165, 1.54) is 0 Å². The van der Waals surface area contributed by atoms with Gasteiger partial charge >= 0.3 is 0 Å². The smallest absolute Gasteiger partial charge is 0.264 e. The monoisotopic (exact) mass is 434 g/mol. The highest BCUT2D eigenvalue weighted by Gasteiger charge is 2.31. The lowest BCUT2D eigenvalue weighted by atomic mass is 9.93. The first-order valence-electron chi connectivity index (χ1n) is 10.4. The molecule has 0 radical (unpaired) electrons. The minimum absolute atomic E-state index is 0.0302. The summed E-state index contributed by atoms with van der Waals surface area (Å²) in [5.41, 5.74) is 3.84. The van der Waals surface area contributed by atoms with E-state index >= 15 is 0 Å². The highest BCUT2D eigenvalue weighted by Crippen LogP contribution is 2.48. The first-order chi connectivity index (χ1) is 15.4. The van der Waals surface area contributed by atoms with Gasteiger partial charge in [0.25, 0.3) is 5.91 Å². The molecule has 162 valence electrons. The van der Waals surface area contributed by atoms with Crippen LogP contribution >= 0.6 is 0 Å². The molecular formula is C25H20F2N2O3. The molecule has 2 aliphatic rings. The summed E-state index contributed by atoms with van der Waals surface area (Å²) in [6.07, 6.45) is 3.61. The number of nitrogens with zero attached hydrogens (tertiary/aromatic N) is 2. The molecule has 1 fully saturated rings. The number of carbonyl (C=O) groups is 2. The van der Waals surface area contributed by atoms with E-state index in [2.05, 4.69) is 4.98 Å². The predicted octanol–water partition coefficient (Wildman–Crippen LogP) is 4.68. The van der Waals surface area contributed by atoms with Gasteiger partial charge in [-0.3, -0.25) is 14.6 Å². The molecule has 0 bridgehead atoms. The number of fused-ring (bicyclic) bond motifs is 1. The molecule has 0 N–H and O–H groups in total. The maximum absolute atomic E-state index is 13.8. The fourth-order valence-electron chi connectivity index (χ4n) is 4.02. The number of likely N-dealkylation sites (N-methyl/N-ethyl adjacent to an activating group) is 1. The van der Waals surface area contributed by atoms with E-state index in [9.17, 15) is 18.4 Å². The number of aromatic nitrogens is 1. The Morgan fingerprint density at radius 1 is 1.12 bits per heavy atom. The van der Waals surface area contributed by atoms with Crippen LogP contribution in [0.15, 0.2) is 48.8 Å². The Morgan fingerprint density at radius 3 is 2.47 bits per heavy atom. The van der Waals surface area contributed by atoms with Crippen LogP contribution in [0.2, 0.25) is 0 Å². The van der Waals surface area contributed by atoms with Gasteiger partial charge < -0.3 is 9.64 Å². The lowest BCUT2D eigenvalue weighted by Crippen LogP contribution is -2.35. The van der Waals surface area contributed by atoms with Crippen molar-refractivity contribution in [3.8, 4) is 16.9 Å². The Bertz CT molecular complexity index is 1220. The zero-order chi connectivity index (χ0) is 22.4. The molecule has 3 aromatic rings. The molecule has 2 aromatic carbocycles. The van der Waals surface area contributed by atoms with E-state index in [4.69, 9.17) is 4.74 Å². The Labute approximate surface area is 183 Å². The largest absolute Gasteiger partial charge is 0.482 e. The average Bonchev–Trinajstić information content (AvgIpc) is 3.64. The summed E-state index contributed by atoms with van der Waals surface area (Å²) in [5.74, 6) is -1.02. The van der Waals surface area contributed by atoms with Crippen LogP contribution in [0.3, 0.4) is 0 Å². The Kier molecular flexibility index (Phi) is 4.96. The number of ketones is 1. The van der Waals surface area contributed by atoms with Crippen LogP contribution in [-0.4, -0.2) is 30.3 Å². The molecule has 1 aliphatic carbocycles. The Hall–Kier alpha value is -3.61. The molecule has 1 amide bonds. The van der Waals surface area contributed by atoms with Crippen LogP contribution < -0.4 is 9.64 Å². The number of amides is 1. The van der Waals surface area contributed by atoms with Gasteiger partial charge in [0.15, 0.2) is 12.4 Å². The lowest BCUT2D eigenvalue weighted by molar-refractivity contribution is -0.120. The number of carbonyl (C=O) groups excluding carboxylic acids is 2. The van der Waals surface area contributed by atoms with Gasteiger partial charge in [-0.2, -0.15) is 0 Å². The summed E-state index contributed by atoms with van der Waals surface area (Å²) in [4.78, 5) is 29.7. The molecule has 5 nitrogen and oxygen atoms in total. The maximum atomic E-state index is 13.8. The zero-order valence-electron chi connectivity index (χ0n) is 17.4. The normalized spacial score (nSPS) is 15.3. The molecule has 0 atom stereocenters. The summed E-state index contributed by atoms with van der Waals surface area (Å²) in [5, 5.41) is 0. The van der Waals surface area contributed by atoms with Gasteiger partial charge in [-0.1, -0.05) is 24.3 Å². The summed E-state index contributed by atoms with van der Waals surface area (Å²) in [6.45, 7) is 0.0302. The number of rotatable bonds is 5. The van der Waals surface area contributed by atoms with Crippen molar-refractivity contribution in [2.75, 3.05) is 18.6 Å². The molecule has 7 heteroatoms. The zero-order valence-corrected chi connectivity index (χ0v) is 17.4. The fraction of sp³-hybridized carbons (Fsp3) is 0.240. The number of anilines is 1. The molecule has 1 saturated carbocycles. The minimum Gasteiger partial charge on any atom is -0.482 e. The van der Waals surface area contributed by atoms with Gasteiger partial charge in [0.05, 0.1) is 18.1 Å². The Morgan fingerprint density at radius 2 is 1.81 bits per heavy atom. The van der Waals surface area contributed by atoms with Crippen molar-refractivity contribution >= 4 is 17.4 Å². The van der Waals surface area contributed by atoms with Crippen molar-refractivity contribution in [1.29, 1.82) is 0 Å². The molecule has 5 rings (SSSR count). The van der Waals surface area contributed by atoms with Gasteiger partial charge in [0.1, 0.15) is 17.4 Å². The van der Waals surface area contributed by atoms with Gasteiger partial charge in [-0.25, -0.2) is 8.78 Å². The number of benzene rings is 2. The molecule has 1 aromatic heterocycles. The number of halogens is 2. The molecule has 1 aliphatic heterocycles. The highest BCUT2D eigenvalue weighted by atomic mass is 19.1. The van der Waals surface area contributed by atoms with Gasteiger partial charge in [0, 0.05) is 24.6 Å². The first-order valence-corrected chi connectivity index (χ1v) is 10.4. The average molecular weight is 434 g/mol. The summed E-state index contributed by atoms with van der Waals surface area (Å²) < 4.78 is 33.3. The van der Waals surface area contributed by atoms with Crippen molar-refractivity contribution < 1.29 is 23.1 Å². The number of Topliss-reactive ketones (excluding diaryl/α,β-unsaturated/α-hetero) is 1. The standard InChI is InChI=1S/C25H20F2N2O3/c1-29-22-8-17(18(15-2-3-15)10-24(22)32-13-25(29)31)14-4-6-16(7-5-14)23(30)9-19-20(26)11-28-12-21(19)27/h4-8,10-12,15H,2-3,9,13H2,1H3. The summed E-state index contributed by atoms with van der Waals surface area (Å²) in [6, 6.07) is 10.9. The topological polar surface area (TPSA) is 59.5 Å². The van der Waals surface area contributed by atoms with Crippen LogP contribution in [0.5, 0.6) is 5.75 Å². The lowest BCUT2D eigenvalue weighted by Gasteiger charge is -2.27. The predicted molar refractivity (Wildman–Crippen MR) is 115 cm³/mol. The highest BCUT2D eigenvalue weighted by molar-refractivity contribution is 5.99. The van der Waals surface area contributed by atoms with Crippen LogP contribution in [0.1, 0.15) is 40.2 Å². The van der Waals surface area contributed by atoms with Crippen LogP contribution in [-0.2, 0) is 11.2 Å². The van der Waals surface area contributed by atoms with Crippen molar-refractivity contribution in [2.45, 2.75) is 25.2 Å². The number of hydrogen-bond donors (Lipinski definition) is 0. The quantitative estimate of drug-likeness (QED) is 0.547. The first kappa shape index (κ1) is 20.3. The molecular weight excluding hydrogens is 414 g/mol. The number of ether oxygens (including phenoxy) is 1. The molecule has 0 saturated heterocycles. The minimum atomic E-state index is -0.834. The van der Waals surface area contributed by atoms with E-state index < -0.39 is 11.6 Å². The van der Waals surface area contributed by atoms with Gasteiger partial charge in [-0.05, 0) is 47.6 Å². The molecule has 0 spiro atoms. The Balaban J connectivity index is 1.46. The molecule has 0 unspecified atom stereocenters. The van der Waals surface area contributed by atoms with E-state index in [1.807, 2.05) is 24.3 Å². The van der Waals surface area contributed by atoms with E-state index in [-0.39, 0.29) is 30.3 Å². The van der Waals surface area contributed by atoms with Crippen LogP contribution in [0.4, 0.5) is 14.5 Å². The molecule has 32 heavy (non-hydrogen) atoms. The summed E-state index contributed by atoms with van der Waals surface area (Å²) in [7, 11) is 1.73. The third kappa shape index (κ3) is 3.64. The second-order valence-corrected chi connectivity index (χ2v) is 8.18. The van der Waals surface area contributed by atoms with Crippen molar-refractivity contribution in [3.63, 3.8) is 0 Å². The summed E-state index contributed by atoms with van der Waals surface area (Å²) >= 11 is 0. The van der Waals surface area contributed by atoms with Crippen molar-refractivity contribution in [3.05, 3.63) is 77.1 Å². The number of pyridine rings is 1. The SMILES string of the molecule is CN1C(=O)COc2cc(C3CC3)c(-c3ccc(C(=O)Cc4c(F)cncc4F)cc3)cc21. The van der Waals surface area contributed by atoms with Crippen molar-refractivity contribution in [1.82, 2.24) is 4.98 Å². The maximum Gasteiger partial charge on any atom is 0.264 e. The molecule has 2 heterocycles. The van der Waals surface area contributed by atoms with Crippen LogP contribution in [0, 0.1) is 11.6 Å².